The van der Waals surface area contributed by atoms with Crippen molar-refractivity contribution < 1.29 is 9.21 Å². The summed E-state index contributed by atoms with van der Waals surface area (Å²) in [5.41, 5.74) is 0.292. The molecule has 0 spiro atoms. The maximum Gasteiger partial charge on any atom is 0.437 e. The number of amides is 1. The molecule has 0 aliphatic rings. The molecule has 4 rings (SSSR count). The largest absolute Gasteiger partial charge is 0.437 e. The van der Waals surface area contributed by atoms with Gasteiger partial charge in [0.15, 0.2) is 0 Å². The second kappa shape index (κ2) is 7.84. The van der Waals surface area contributed by atoms with Crippen LogP contribution in [0.15, 0.2) is 62.1 Å². The number of hydrogen-bond donors (Lipinski definition) is 1. The first-order valence-electron chi connectivity index (χ1n) is 8.90. The molecule has 0 aliphatic heterocycles. The summed E-state index contributed by atoms with van der Waals surface area (Å²) in [6.45, 7) is 1.93. The van der Waals surface area contributed by atoms with E-state index in [1.54, 1.807) is 37.3 Å². The first-order chi connectivity index (χ1) is 14.0. The quantitative estimate of drug-likeness (QED) is 0.516. The van der Waals surface area contributed by atoms with Crippen molar-refractivity contribution >= 4 is 28.1 Å². The fraction of sp³-hybridized carbons (Fsp3) is 0.211. The number of nitrogens with zero attached hydrogens (tertiary/aromatic N) is 4. The molecule has 1 atom stereocenters. The van der Waals surface area contributed by atoms with Crippen LogP contribution in [0.1, 0.15) is 13.0 Å². The number of para-hydroxylation sites is 1. The van der Waals surface area contributed by atoms with Gasteiger partial charge >= 0.3 is 5.76 Å². The number of rotatable bonds is 6. The Labute approximate surface area is 168 Å². The van der Waals surface area contributed by atoms with Crippen molar-refractivity contribution in [2.24, 2.45) is 0 Å². The molecule has 1 N–H and O–H groups in total. The molecular weight excluding hydrogens is 394 g/mol. The van der Waals surface area contributed by atoms with Gasteiger partial charge in [-0.05, 0) is 30.5 Å². The molecule has 0 radical (unpaired) electrons. The Bertz CT molecular complexity index is 1270. The van der Waals surface area contributed by atoms with Crippen LogP contribution in [0.4, 0.5) is 0 Å². The highest BCUT2D eigenvalue weighted by molar-refractivity contribution is 7.13. The minimum Gasteiger partial charge on any atom is -0.387 e. The Balaban J connectivity index is 1.42. The van der Waals surface area contributed by atoms with Gasteiger partial charge in [-0.1, -0.05) is 18.2 Å². The number of hydrogen-bond acceptors (Lipinski definition) is 7. The zero-order valence-electron chi connectivity index (χ0n) is 15.4. The van der Waals surface area contributed by atoms with Crippen LogP contribution in [0.5, 0.6) is 0 Å². The summed E-state index contributed by atoms with van der Waals surface area (Å²) < 4.78 is 7.57. The van der Waals surface area contributed by atoms with E-state index in [0.717, 1.165) is 9.56 Å². The zero-order valence-corrected chi connectivity index (χ0v) is 16.3. The highest BCUT2D eigenvalue weighted by Gasteiger charge is 2.18. The maximum atomic E-state index is 12.6. The molecular formula is C19H17N5O4S. The van der Waals surface area contributed by atoms with E-state index in [9.17, 15) is 14.4 Å². The molecule has 148 valence electrons. The standard InChI is InChI=1S/C19H17N5O4S/c1-12(23-11-21-14-6-3-2-5-13(14)18(23)26)16(25)20-8-9-24-19(27)28-17(22-24)15-7-4-10-29-15/h2-7,10-12H,8-9H2,1H3,(H,20,25). The van der Waals surface area contributed by atoms with Gasteiger partial charge in [0, 0.05) is 6.54 Å². The molecule has 1 unspecified atom stereocenters. The van der Waals surface area contributed by atoms with Crippen LogP contribution in [0.2, 0.25) is 0 Å². The lowest BCUT2D eigenvalue weighted by Crippen LogP contribution is -2.38. The summed E-state index contributed by atoms with van der Waals surface area (Å²) in [5.74, 6) is -0.705. The average Bonchev–Trinajstić information content (AvgIpc) is 3.38. The predicted molar refractivity (Wildman–Crippen MR) is 108 cm³/mol. The van der Waals surface area contributed by atoms with E-state index in [4.69, 9.17) is 4.42 Å². The van der Waals surface area contributed by atoms with Crippen molar-refractivity contribution in [1.82, 2.24) is 24.6 Å². The lowest BCUT2D eigenvalue weighted by Gasteiger charge is -2.15. The van der Waals surface area contributed by atoms with Gasteiger partial charge in [0.2, 0.25) is 5.91 Å². The van der Waals surface area contributed by atoms with E-state index in [1.807, 2.05) is 11.4 Å². The SMILES string of the molecule is CC(C(=O)NCCn1nc(-c2cccs2)oc1=O)n1cnc2ccccc2c1=O. The molecule has 1 amide bonds. The van der Waals surface area contributed by atoms with Crippen LogP contribution < -0.4 is 16.6 Å². The Hall–Kier alpha value is -3.53. The van der Waals surface area contributed by atoms with Crippen molar-refractivity contribution in [3.8, 4) is 10.8 Å². The molecule has 0 saturated heterocycles. The summed E-state index contributed by atoms with van der Waals surface area (Å²) in [4.78, 5) is 42.0. The van der Waals surface area contributed by atoms with Gasteiger partial charge in [0.1, 0.15) is 6.04 Å². The van der Waals surface area contributed by atoms with Crippen molar-refractivity contribution in [2.75, 3.05) is 6.54 Å². The zero-order chi connectivity index (χ0) is 20.4. The van der Waals surface area contributed by atoms with Crippen LogP contribution in [0, 0.1) is 0 Å². The number of fused-ring (bicyclic) bond motifs is 1. The Morgan fingerprint density at radius 1 is 1.24 bits per heavy atom. The number of carbonyl (C=O) groups excluding carboxylic acids is 1. The van der Waals surface area contributed by atoms with Gasteiger partial charge in [-0.15, -0.1) is 16.4 Å². The molecule has 0 saturated carbocycles. The Kier molecular flexibility index (Phi) is 5.09. The lowest BCUT2D eigenvalue weighted by atomic mass is 10.2. The summed E-state index contributed by atoms with van der Waals surface area (Å²) >= 11 is 1.41. The van der Waals surface area contributed by atoms with Gasteiger partial charge in [-0.3, -0.25) is 14.2 Å². The molecule has 0 fully saturated rings. The third-order valence-electron chi connectivity index (χ3n) is 4.45. The van der Waals surface area contributed by atoms with Crippen LogP contribution in [-0.4, -0.2) is 31.8 Å². The van der Waals surface area contributed by atoms with Crippen molar-refractivity contribution in [3.05, 3.63) is 69.0 Å². The second-order valence-corrected chi connectivity index (χ2v) is 7.26. The number of benzene rings is 1. The summed E-state index contributed by atoms with van der Waals surface area (Å²) in [5, 5.41) is 9.15. The van der Waals surface area contributed by atoms with E-state index in [-0.39, 0.29) is 30.4 Å². The minimum atomic E-state index is -0.754. The third kappa shape index (κ3) is 3.74. The maximum absolute atomic E-state index is 12.6. The molecule has 9 nitrogen and oxygen atoms in total. The average molecular weight is 411 g/mol. The first kappa shape index (κ1) is 18.8. The van der Waals surface area contributed by atoms with Gasteiger partial charge in [-0.25, -0.2) is 9.78 Å². The molecule has 3 aromatic heterocycles. The fourth-order valence-electron chi connectivity index (χ4n) is 2.87. The van der Waals surface area contributed by atoms with Crippen molar-refractivity contribution in [3.63, 3.8) is 0 Å². The molecule has 1 aromatic carbocycles. The van der Waals surface area contributed by atoms with E-state index in [0.29, 0.717) is 10.9 Å². The monoisotopic (exact) mass is 411 g/mol. The van der Waals surface area contributed by atoms with Crippen LogP contribution in [-0.2, 0) is 11.3 Å². The number of carbonyl (C=O) groups is 1. The molecule has 3 heterocycles. The lowest BCUT2D eigenvalue weighted by molar-refractivity contribution is -0.124. The number of nitrogens with one attached hydrogen (secondary N) is 1. The Morgan fingerprint density at radius 2 is 2.07 bits per heavy atom. The Morgan fingerprint density at radius 3 is 2.86 bits per heavy atom. The summed E-state index contributed by atoms with van der Waals surface area (Å²) in [6.07, 6.45) is 1.37. The molecule has 4 aromatic rings. The van der Waals surface area contributed by atoms with Crippen molar-refractivity contribution in [2.45, 2.75) is 19.5 Å². The highest BCUT2D eigenvalue weighted by atomic mass is 32.1. The predicted octanol–water partition coefficient (Wildman–Crippen LogP) is 1.65. The minimum absolute atomic E-state index is 0.150. The van der Waals surface area contributed by atoms with Gasteiger partial charge in [0.25, 0.3) is 11.4 Å². The second-order valence-electron chi connectivity index (χ2n) is 6.31. The van der Waals surface area contributed by atoms with Crippen LogP contribution >= 0.6 is 11.3 Å². The fourth-order valence-corrected chi connectivity index (χ4v) is 3.51. The van der Waals surface area contributed by atoms with E-state index in [1.165, 1.54) is 22.2 Å². The molecule has 0 bridgehead atoms. The molecule has 0 aliphatic carbocycles. The van der Waals surface area contributed by atoms with Crippen LogP contribution in [0.3, 0.4) is 0 Å². The smallest absolute Gasteiger partial charge is 0.387 e. The molecule has 10 heteroatoms. The number of aromatic nitrogens is 4. The van der Waals surface area contributed by atoms with E-state index in [2.05, 4.69) is 15.4 Å². The van der Waals surface area contributed by atoms with Gasteiger partial charge in [-0.2, -0.15) is 4.68 Å². The topological polar surface area (TPSA) is 112 Å². The van der Waals surface area contributed by atoms with Gasteiger partial charge in [0.05, 0.1) is 28.7 Å². The van der Waals surface area contributed by atoms with Crippen molar-refractivity contribution in [1.29, 1.82) is 0 Å². The molecule has 29 heavy (non-hydrogen) atoms. The van der Waals surface area contributed by atoms with Gasteiger partial charge < -0.3 is 9.73 Å². The highest BCUT2D eigenvalue weighted by Crippen LogP contribution is 2.20. The normalized spacial score (nSPS) is 12.2. The third-order valence-corrected chi connectivity index (χ3v) is 5.31. The summed E-state index contributed by atoms with van der Waals surface area (Å²) in [7, 11) is 0. The van der Waals surface area contributed by atoms with Crippen LogP contribution in [0.25, 0.3) is 21.7 Å². The summed E-state index contributed by atoms with van der Waals surface area (Å²) in [6, 6.07) is 9.85. The van der Waals surface area contributed by atoms with E-state index < -0.39 is 11.8 Å². The first-order valence-corrected chi connectivity index (χ1v) is 9.78. The number of thiophene rings is 1. The van der Waals surface area contributed by atoms with E-state index >= 15 is 0 Å².